The van der Waals surface area contributed by atoms with Crippen molar-refractivity contribution in [3.05, 3.63) is 0 Å². The van der Waals surface area contributed by atoms with Gasteiger partial charge in [-0.05, 0) is 27.2 Å². The third-order valence-electron chi connectivity index (χ3n) is 1.81. The molecule has 0 aromatic carbocycles. The van der Waals surface area contributed by atoms with Crippen molar-refractivity contribution in [2.45, 2.75) is 38.0 Å². The van der Waals surface area contributed by atoms with Crippen LogP contribution in [0.5, 0.6) is 0 Å². The first-order valence-corrected chi connectivity index (χ1v) is 6.05. The van der Waals surface area contributed by atoms with E-state index in [2.05, 4.69) is 0 Å². The Balaban J connectivity index is 4.29. The summed E-state index contributed by atoms with van der Waals surface area (Å²) in [7, 11) is 3.26. The van der Waals surface area contributed by atoms with Gasteiger partial charge in [0.25, 0.3) is 0 Å². The van der Waals surface area contributed by atoms with Gasteiger partial charge in [-0.3, -0.25) is 0 Å². The van der Waals surface area contributed by atoms with Crippen molar-refractivity contribution >= 4 is 19.7 Å². The second-order valence-electron chi connectivity index (χ2n) is 3.45. The molecule has 0 aromatic heterocycles. The van der Waals surface area contributed by atoms with Crippen LogP contribution in [-0.4, -0.2) is 26.4 Å². The molecule has 0 amide bonds. The SMILES string of the molecule is COC(C)(C)CC(C)S(=O)(=O)Cl. The second kappa shape index (κ2) is 3.94. The van der Waals surface area contributed by atoms with Gasteiger partial charge in [0, 0.05) is 17.8 Å². The van der Waals surface area contributed by atoms with Crippen LogP contribution in [0.15, 0.2) is 0 Å². The topological polar surface area (TPSA) is 43.4 Å². The van der Waals surface area contributed by atoms with Gasteiger partial charge in [0.2, 0.25) is 9.05 Å². The van der Waals surface area contributed by atoms with Crippen molar-refractivity contribution < 1.29 is 13.2 Å². The predicted molar refractivity (Wildman–Crippen MR) is 49.9 cm³/mol. The van der Waals surface area contributed by atoms with Crippen LogP contribution in [-0.2, 0) is 13.8 Å². The molecule has 0 saturated carbocycles. The maximum atomic E-state index is 10.8. The summed E-state index contributed by atoms with van der Waals surface area (Å²) in [5, 5.41) is -0.575. The zero-order chi connectivity index (χ0) is 9.99. The van der Waals surface area contributed by atoms with Gasteiger partial charge in [-0.1, -0.05) is 0 Å². The molecule has 5 heteroatoms. The lowest BCUT2D eigenvalue weighted by Gasteiger charge is -2.24. The van der Waals surface area contributed by atoms with Crippen LogP contribution in [0.25, 0.3) is 0 Å². The molecule has 0 bridgehead atoms. The molecule has 0 fully saturated rings. The van der Waals surface area contributed by atoms with Crippen LogP contribution in [0.4, 0.5) is 0 Å². The van der Waals surface area contributed by atoms with Gasteiger partial charge in [-0.25, -0.2) is 8.42 Å². The lowest BCUT2D eigenvalue weighted by molar-refractivity contribution is 0.0157. The Hall–Kier alpha value is 0.200. The van der Waals surface area contributed by atoms with E-state index in [9.17, 15) is 8.42 Å². The lowest BCUT2D eigenvalue weighted by atomic mass is 10.0. The quantitative estimate of drug-likeness (QED) is 0.670. The Morgan fingerprint density at radius 1 is 1.50 bits per heavy atom. The Kier molecular flexibility index (Phi) is 4.00. The third kappa shape index (κ3) is 4.28. The molecule has 0 aromatic rings. The van der Waals surface area contributed by atoms with Gasteiger partial charge in [-0.15, -0.1) is 0 Å². The summed E-state index contributed by atoms with van der Waals surface area (Å²) in [6, 6.07) is 0. The standard InChI is InChI=1S/C7H15ClO3S/c1-6(12(8,9)10)5-7(2,3)11-4/h6H,5H2,1-4H3. The molecule has 0 aliphatic rings. The number of rotatable bonds is 4. The molecule has 0 spiro atoms. The van der Waals surface area contributed by atoms with Gasteiger partial charge >= 0.3 is 0 Å². The summed E-state index contributed by atoms with van der Waals surface area (Å²) >= 11 is 0. The van der Waals surface area contributed by atoms with Crippen molar-refractivity contribution in [2.24, 2.45) is 0 Å². The van der Waals surface area contributed by atoms with Crippen molar-refractivity contribution in [1.29, 1.82) is 0 Å². The Morgan fingerprint density at radius 3 is 2.17 bits per heavy atom. The molecular formula is C7H15ClO3S. The number of hydrogen-bond acceptors (Lipinski definition) is 3. The van der Waals surface area contributed by atoms with Crippen LogP contribution < -0.4 is 0 Å². The van der Waals surface area contributed by atoms with Crippen molar-refractivity contribution in [3.8, 4) is 0 Å². The highest BCUT2D eigenvalue weighted by atomic mass is 35.7. The molecule has 1 atom stereocenters. The minimum Gasteiger partial charge on any atom is -0.379 e. The van der Waals surface area contributed by atoms with E-state index < -0.39 is 19.9 Å². The van der Waals surface area contributed by atoms with Gasteiger partial charge in [0.15, 0.2) is 0 Å². The van der Waals surface area contributed by atoms with Gasteiger partial charge < -0.3 is 4.74 Å². The molecule has 12 heavy (non-hydrogen) atoms. The maximum Gasteiger partial charge on any atom is 0.235 e. The fourth-order valence-electron chi connectivity index (χ4n) is 0.875. The average Bonchev–Trinajstić information content (AvgIpc) is 1.85. The van der Waals surface area contributed by atoms with Gasteiger partial charge in [0.1, 0.15) is 0 Å². The van der Waals surface area contributed by atoms with Crippen molar-refractivity contribution in [3.63, 3.8) is 0 Å². The Labute approximate surface area is 78.5 Å². The average molecular weight is 215 g/mol. The van der Waals surface area contributed by atoms with E-state index in [0.29, 0.717) is 6.42 Å². The van der Waals surface area contributed by atoms with E-state index in [1.54, 1.807) is 14.0 Å². The van der Waals surface area contributed by atoms with Crippen molar-refractivity contribution in [1.82, 2.24) is 0 Å². The fraction of sp³-hybridized carbons (Fsp3) is 1.00. The van der Waals surface area contributed by atoms with E-state index in [1.807, 2.05) is 13.8 Å². The summed E-state index contributed by atoms with van der Waals surface area (Å²) in [4.78, 5) is 0. The molecule has 74 valence electrons. The second-order valence-corrected chi connectivity index (χ2v) is 6.50. The van der Waals surface area contributed by atoms with Crippen LogP contribution in [0.1, 0.15) is 27.2 Å². The van der Waals surface area contributed by atoms with Gasteiger partial charge in [-0.2, -0.15) is 0 Å². The summed E-state index contributed by atoms with van der Waals surface area (Å²) < 4.78 is 26.7. The van der Waals surface area contributed by atoms with Crippen molar-refractivity contribution in [2.75, 3.05) is 7.11 Å². The normalized spacial score (nSPS) is 16.1. The maximum absolute atomic E-state index is 10.8. The highest BCUT2D eigenvalue weighted by Gasteiger charge is 2.27. The molecular weight excluding hydrogens is 200 g/mol. The first kappa shape index (κ1) is 12.2. The molecule has 1 unspecified atom stereocenters. The largest absolute Gasteiger partial charge is 0.379 e. The third-order valence-corrected chi connectivity index (χ3v) is 3.85. The van der Waals surface area contributed by atoms with E-state index in [4.69, 9.17) is 15.4 Å². The summed E-state index contributed by atoms with van der Waals surface area (Å²) in [6.07, 6.45) is 0.398. The highest BCUT2D eigenvalue weighted by Crippen LogP contribution is 2.21. The fourth-order valence-corrected chi connectivity index (χ4v) is 1.66. The first-order chi connectivity index (χ1) is 5.19. The Morgan fingerprint density at radius 2 is 1.92 bits per heavy atom. The zero-order valence-corrected chi connectivity index (χ0v) is 9.37. The molecule has 0 heterocycles. The van der Waals surface area contributed by atoms with E-state index in [1.165, 1.54) is 0 Å². The molecule has 0 N–H and O–H groups in total. The van der Waals surface area contributed by atoms with Crippen LogP contribution in [0, 0.1) is 0 Å². The number of halogens is 1. The van der Waals surface area contributed by atoms with E-state index >= 15 is 0 Å². The monoisotopic (exact) mass is 214 g/mol. The van der Waals surface area contributed by atoms with E-state index in [-0.39, 0.29) is 0 Å². The molecule has 0 aliphatic heterocycles. The molecule has 0 saturated heterocycles. The summed E-state index contributed by atoms with van der Waals surface area (Å²) in [5.74, 6) is 0. The van der Waals surface area contributed by atoms with Crippen LogP contribution in [0.2, 0.25) is 0 Å². The van der Waals surface area contributed by atoms with E-state index in [0.717, 1.165) is 0 Å². The number of methoxy groups -OCH3 is 1. The number of hydrogen-bond donors (Lipinski definition) is 0. The smallest absolute Gasteiger partial charge is 0.235 e. The predicted octanol–water partition coefficient (Wildman–Crippen LogP) is 1.76. The van der Waals surface area contributed by atoms with Crippen LogP contribution >= 0.6 is 10.7 Å². The lowest BCUT2D eigenvalue weighted by Crippen LogP contribution is -2.29. The minimum atomic E-state index is -3.45. The highest BCUT2D eigenvalue weighted by molar-refractivity contribution is 8.14. The molecule has 0 radical (unpaired) electrons. The summed E-state index contributed by atoms with van der Waals surface area (Å²) in [6.45, 7) is 5.22. The number of ether oxygens (including phenoxy) is 1. The molecule has 3 nitrogen and oxygen atoms in total. The van der Waals surface area contributed by atoms with Gasteiger partial charge in [0.05, 0.1) is 10.9 Å². The Bertz CT molecular complexity index is 233. The summed E-state index contributed by atoms with van der Waals surface area (Å²) in [5.41, 5.74) is -0.443. The molecule has 0 aliphatic carbocycles. The first-order valence-electron chi connectivity index (χ1n) is 3.67. The molecule has 0 rings (SSSR count). The minimum absolute atomic E-state index is 0.398. The van der Waals surface area contributed by atoms with Crippen LogP contribution in [0.3, 0.4) is 0 Å². The zero-order valence-electron chi connectivity index (χ0n) is 7.80.